The van der Waals surface area contributed by atoms with E-state index >= 15 is 0 Å². The summed E-state index contributed by atoms with van der Waals surface area (Å²) in [5.41, 5.74) is 2.49. The number of amides is 2. The van der Waals surface area contributed by atoms with Crippen molar-refractivity contribution in [3.63, 3.8) is 0 Å². The zero-order valence-corrected chi connectivity index (χ0v) is 16.1. The van der Waals surface area contributed by atoms with Gasteiger partial charge in [0, 0.05) is 12.6 Å². The highest BCUT2D eigenvalue weighted by Gasteiger charge is 2.24. The maximum absolute atomic E-state index is 12.3. The lowest BCUT2D eigenvalue weighted by molar-refractivity contribution is -0.154. The minimum atomic E-state index is -1.02. The van der Waals surface area contributed by atoms with E-state index in [-0.39, 0.29) is 0 Å². The zero-order chi connectivity index (χ0) is 20.1. The first-order chi connectivity index (χ1) is 12.7. The highest BCUT2D eigenvalue weighted by molar-refractivity contribution is 5.98. The second kappa shape index (κ2) is 8.48. The molecule has 2 amide bonds. The molecule has 1 heterocycles. The van der Waals surface area contributed by atoms with Gasteiger partial charge in [-0.1, -0.05) is 18.2 Å². The van der Waals surface area contributed by atoms with E-state index < -0.39 is 29.9 Å². The number of rotatable bonds is 6. The molecule has 0 spiro atoms. The molecule has 0 saturated carbocycles. The summed E-state index contributed by atoms with van der Waals surface area (Å²) in [4.78, 5) is 36.6. The van der Waals surface area contributed by atoms with E-state index in [1.54, 1.807) is 49.0 Å². The number of aryl methyl sites for hydroxylation is 2. The van der Waals surface area contributed by atoms with Crippen molar-refractivity contribution in [2.75, 3.05) is 5.32 Å². The second-order valence-corrected chi connectivity index (χ2v) is 6.30. The number of hydrogen-bond donors (Lipinski definition) is 2. The normalized spacial score (nSPS) is 12.8. The van der Waals surface area contributed by atoms with E-state index in [9.17, 15) is 14.4 Å². The molecule has 8 heteroatoms. The molecule has 0 fully saturated rings. The molecule has 2 aromatic rings. The van der Waals surface area contributed by atoms with Crippen molar-refractivity contribution in [1.29, 1.82) is 0 Å². The van der Waals surface area contributed by atoms with Crippen LogP contribution in [0.3, 0.4) is 0 Å². The standard InChI is InChI=1S/C19H24N4O4/c1-11-16(13(3)23(5)22-11)21-17(24)14(4)27-19(26)12(2)20-18(25)15-9-7-6-8-10-15/h6-10,12,14H,1-5H3,(H,20,25)(H,21,24)/t12-,14?/m0/s1. The van der Waals surface area contributed by atoms with Gasteiger partial charge in [-0.15, -0.1) is 0 Å². The van der Waals surface area contributed by atoms with Crippen LogP contribution in [-0.4, -0.2) is 39.7 Å². The SMILES string of the molecule is Cc1nn(C)c(C)c1NC(=O)C(C)OC(=O)[C@H](C)NC(=O)c1ccccc1. The van der Waals surface area contributed by atoms with E-state index in [0.29, 0.717) is 16.9 Å². The molecular weight excluding hydrogens is 348 g/mol. The van der Waals surface area contributed by atoms with Gasteiger partial charge in [-0.25, -0.2) is 4.79 Å². The highest BCUT2D eigenvalue weighted by Crippen LogP contribution is 2.18. The lowest BCUT2D eigenvalue weighted by atomic mass is 10.2. The maximum atomic E-state index is 12.3. The lowest BCUT2D eigenvalue weighted by Gasteiger charge is -2.17. The Labute approximate surface area is 157 Å². The van der Waals surface area contributed by atoms with Crippen LogP contribution in [0.5, 0.6) is 0 Å². The number of benzene rings is 1. The Kier molecular flexibility index (Phi) is 6.33. The molecule has 1 aromatic carbocycles. The lowest BCUT2D eigenvalue weighted by Crippen LogP contribution is -2.42. The van der Waals surface area contributed by atoms with Crippen molar-refractivity contribution in [1.82, 2.24) is 15.1 Å². The Hall–Kier alpha value is -3.16. The minimum absolute atomic E-state index is 0.390. The molecule has 1 aromatic heterocycles. The number of aromatic nitrogens is 2. The average molecular weight is 372 g/mol. The number of ether oxygens (including phenoxy) is 1. The topological polar surface area (TPSA) is 102 Å². The van der Waals surface area contributed by atoms with Crippen LogP contribution in [0.1, 0.15) is 35.6 Å². The van der Waals surface area contributed by atoms with Gasteiger partial charge in [0.2, 0.25) is 0 Å². The summed E-state index contributed by atoms with van der Waals surface area (Å²) >= 11 is 0. The van der Waals surface area contributed by atoms with Gasteiger partial charge in [-0.2, -0.15) is 5.10 Å². The van der Waals surface area contributed by atoms with Crippen molar-refractivity contribution in [3.05, 3.63) is 47.3 Å². The number of esters is 1. The van der Waals surface area contributed by atoms with Crippen molar-refractivity contribution in [2.45, 2.75) is 39.8 Å². The molecule has 0 aliphatic carbocycles. The molecule has 0 aliphatic rings. The molecule has 8 nitrogen and oxygen atoms in total. The summed E-state index contributed by atoms with van der Waals surface area (Å²) in [6.07, 6.45) is -1.02. The summed E-state index contributed by atoms with van der Waals surface area (Å²) in [6, 6.07) is 7.64. The molecular formula is C19H24N4O4. The molecule has 144 valence electrons. The quantitative estimate of drug-likeness (QED) is 0.752. The van der Waals surface area contributed by atoms with Gasteiger partial charge in [-0.05, 0) is 39.8 Å². The second-order valence-electron chi connectivity index (χ2n) is 6.30. The van der Waals surface area contributed by atoms with Crippen molar-refractivity contribution < 1.29 is 19.1 Å². The van der Waals surface area contributed by atoms with Crippen LogP contribution in [0.4, 0.5) is 5.69 Å². The van der Waals surface area contributed by atoms with Crippen LogP contribution in [0, 0.1) is 13.8 Å². The van der Waals surface area contributed by atoms with Crippen LogP contribution in [0.25, 0.3) is 0 Å². The first-order valence-corrected chi connectivity index (χ1v) is 8.58. The van der Waals surface area contributed by atoms with Gasteiger partial charge in [0.15, 0.2) is 6.10 Å². The number of carbonyl (C=O) groups is 3. The van der Waals surface area contributed by atoms with Crippen LogP contribution >= 0.6 is 0 Å². The fourth-order valence-corrected chi connectivity index (χ4v) is 2.44. The third kappa shape index (κ3) is 4.93. The fraction of sp³-hybridized carbons (Fsp3) is 0.368. The minimum Gasteiger partial charge on any atom is -0.451 e. The summed E-state index contributed by atoms with van der Waals surface area (Å²) in [7, 11) is 1.78. The molecule has 0 radical (unpaired) electrons. The van der Waals surface area contributed by atoms with Gasteiger partial charge >= 0.3 is 5.97 Å². The van der Waals surface area contributed by atoms with Crippen LogP contribution in [0.15, 0.2) is 30.3 Å². The largest absolute Gasteiger partial charge is 0.451 e. The summed E-state index contributed by atoms with van der Waals surface area (Å²) < 4.78 is 6.83. The van der Waals surface area contributed by atoms with Crippen molar-refractivity contribution in [2.24, 2.45) is 7.05 Å². The zero-order valence-electron chi connectivity index (χ0n) is 16.1. The number of anilines is 1. The Morgan fingerprint density at radius 2 is 1.74 bits per heavy atom. The van der Waals surface area contributed by atoms with E-state index in [1.165, 1.54) is 13.8 Å². The summed E-state index contributed by atoms with van der Waals surface area (Å²) in [5, 5.41) is 9.50. The van der Waals surface area contributed by atoms with Gasteiger partial charge in [0.05, 0.1) is 17.1 Å². The van der Waals surface area contributed by atoms with E-state index in [4.69, 9.17) is 4.74 Å². The molecule has 27 heavy (non-hydrogen) atoms. The molecule has 2 atom stereocenters. The van der Waals surface area contributed by atoms with E-state index in [0.717, 1.165) is 5.69 Å². The first kappa shape index (κ1) is 20.2. The average Bonchev–Trinajstić information content (AvgIpc) is 2.88. The molecule has 2 rings (SSSR count). The number of hydrogen-bond acceptors (Lipinski definition) is 5. The Bertz CT molecular complexity index is 845. The predicted octanol–water partition coefficient (Wildman–Crippen LogP) is 1.73. The monoisotopic (exact) mass is 372 g/mol. The third-order valence-corrected chi connectivity index (χ3v) is 4.16. The highest BCUT2D eigenvalue weighted by atomic mass is 16.5. The van der Waals surface area contributed by atoms with Crippen LogP contribution in [-0.2, 0) is 21.4 Å². The molecule has 2 N–H and O–H groups in total. The van der Waals surface area contributed by atoms with Gasteiger partial charge in [0.25, 0.3) is 11.8 Å². The summed E-state index contributed by atoms with van der Waals surface area (Å²) in [6.45, 7) is 6.58. The first-order valence-electron chi connectivity index (χ1n) is 8.58. The van der Waals surface area contributed by atoms with E-state index in [2.05, 4.69) is 15.7 Å². The Balaban J connectivity index is 1.92. The number of carbonyl (C=O) groups excluding carboxylic acids is 3. The van der Waals surface area contributed by atoms with Crippen molar-refractivity contribution >= 4 is 23.5 Å². The fourth-order valence-electron chi connectivity index (χ4n) is 2.44. The molecule has 1 unspecified atom stereocenters. The molecule has 0 saturated heterocycles. The van der Waals surface area contributed by atoms with Gasteiger partial charge < -0.3 is 15.4 Å². The Morgan fingerprint density at radius 3 is 2.30 bits per heavy atom. The Morgan fingerprint density at radius 1 is 1.11 bits per heavy atom. The van der Waals surface area contributed by atoms with Gasteiger partial charge in [0.1, 0.15) is 6.04 Å². The van der Waals surface area contributed by atoms with Crippen molar-refractivity contribution in [3.8, 4) is 0 Å². The van der Waals surface area contributed by atoms with Crippen LogP contribution < -0.4 is 10.6 Å². The third-order valence-electron chi connectivity index (χ3n) is 4.16. The van der Waals surface area contributed by atoms with Gasteiger partial charge in [-0.3, -0.25) is 14.3 Å². The number of nitrogens with zero attached hydrogens (tertiary/aromatic N) is 2. The number of nitrogens with one attached hydrogen (secondary N) is 2. The van der Waals surface area contributed by atoms with Crippen LogP contribution in [0.2, 0.25) is 0 Å². The predicted molar refractivity (Wildman–Crippen MR) is 100 cm³/mol. The maximum Gasteiger partial charge on any atom is 0.329 e. The summed E-state index contributed by atoms with van der Waals surface area (Å²) in [5.74, 6) is -1.55. The molecule has 0 aliphatic heterocycles. The molecule has 0 bridgehead atoms. The smallest absolute Gasteiger partial charge is 0.329 e. The van der Waals surface area contributed by atoms with E-state index in [1.807, 2.05) is 6.92 Å².